The summed E-state index contributed by atoms with van der Waals surface area (Å²) in [5.41, 5.74) is 1.27. The van der Waals surface area contributed by atoms with Gasteiger partial charge < -0.3 is 9.88 Å². The van der Waals surface area contributed by atoms with Crippen molar-refractivity contribution in [3.63, 3.8) is 0 Å². The molecule has 0 amide bonds. The number of benzene rings is 1. The average molecular weight is 420 g/mol. The molecule has 0 radical (unpaired) electrons. The van der Waals surface area contributed by atoms with Crippen molar-refractivity contribution >= 4 is 38.5 Å². The Bertz CT molecular complexity index is 539. The van der Waals surface area contributed by atoms with Crippen molar-refractivity contribution in [1.29, 1.82) is 0 Å². The van der Waals surface area contributed by atoms with Crippen LogP contribution in [-0.4, -0.2) is 16.6 Å². The lowest BCUT2D eigenvalue weighted by atomic mass is 10.0. The molecule has 0 fully saturated rings. The summed E-state index contributed by atoms with van der Waals surface area (Å²) < 4.78 is 4.44. The van der Waals surface area contributed by atoms with Crippen LogP contribution in [0.1, 0.15) is 17.4 Å². The van der Waals surface area contributed by atoms with E-state index in [1.54, 1.807) is 0 Å². The van der Waals surface area contributed by atoms with Crippen LogP contribution in [0, 0.1) is 3.57 Å². The first kappa shape index (κ1) is 14.0. The maximum Gasteiger partial charge on any atom is 0.110 e. The van der Waals surface area contributed by atoms with Gasteiger partial charge in [0, 0.05) is 39.9 Å². The Hall–Kier alpha value is -0.400. The van der Waals surface area contributed by atoms with Gasteiger partial charge in [-0.25, -0.2) is 4.98 Å². The van der Waals surface area contributed by atoms with Gasteiger partial charge >= 0.3 is 0 Å². The summed E-state index contributed by atoms with van der Waals surface area (Å²) in [6.07, 6.45) is 4.69. The molecule has 18 heavy (non-hydrogen) atoms. The van der Waals surface area contributed by atoms with Gasteiger partial charge in [0.1, 0.15) is 5.82 Å². The zero-order valence-corrected chi connectivity index (χ0v) is 14.1. The summed E-state index contributed by atoms with van der Waals surface area (Å²) in [6.45, 7) is 0. The van der Waals surface area contributed by atoms with Crippen LogP contribution in [0.25, 0.3) is 0 Å². The third-order valence-corrected chi connectivity index (χ3v) is 4.38. The molecule has 0 saturated carbocycles. The van der Waals surface area contributed by atoms with Gasteiger partial charge in [-0.1, -0.05) is 15.9 Å². The van der Waals surface area contributed by atoms with Crippen LogP contribution < -0.4 is 5.32 Å². The summed E-state index contributed by atoms with van der Waals surface area (Å²) in [5, 5.41) is 3.37. The van der Waals surface area contributed by atoms with E-state index in [2.05, 4.69) is 71.6 Å². The fourth-order valence-corrected chi connectivity index (χ4v) is 2.96. The topological polar surface area (TPSA) is 29.9 Å². The van der Waals surface area contributed by atoms with Crippen LogP contribution in [0.3, 0.4) is 0 Å². The molecule has 0 aliphatic heterocycles. The quantitative estimate of drug-likeness (QED) is 0.770. The molecule has 1 unspecified atom stereocenters. The number of imidazole rings is 1. The molecule has 1 atom stereocenters. The second-order valence-corrected chi connectivity index (χ2v) is 6.27. The predicted octanol–water partition coefficient (Wildman–Crippen LogP) is 3.29. The van der Waals surface area contributed by atoms with E-state index in [9.17, 15) is 0 Å². The minimum atomic E-state index is 0.259. The van der Waals surface area contributed by atoms with Crippen LogP contribution in [0.5, 0.6) is 0 Å². The molecule has 2 aromatic rings. The Morgan fingerprint density at radius 3 is 2.89 bits per heavy atom. The molecule has 0 aliphatic carbocycles. The highest BCUT2D eigenvalue weighted by Crippen LogP contribution is 2.27. The fourth-order valence-electron chi connectivity index (χ4n) is 1.92. The third kappa shape index (κ3) is 3.13. The number of nitrogens with zero attached hydrogens (tertiary/aromatic N) is 2. The van der Waals surface area contributed by atoms with E-state index in [4.69, 9.17) is 0 Å². The maximum atomic E-state index is 4.39. The number of hydrogen-bond donors (Lipinski definition) is 1. The number of aromatic nitrogens is 2. The van der Waals surface area contributed by atoms with Gasteiger partial charge in [0.25, 0.3) is 0 Å². The summed E-state index contributed by atoms with van der Waals surface area (Å²) in [7, 11) is 4.01. The monoisotopic (exact) mass is 419 g/mol. The molecule has 0 spiro atoms. The van der Waals surface area contributed by atoms with Crippen molar-refractivity contribution < 1.29 is 0 Å². The van der Waals surface area contributed by atoms with Crippen molar-refractivity contribution in [2.75, 3.05) is 7.05 Å². The van der Waals surface area contributed by atoms with Crippen molar-refractivity contribution in [2.24, 2.45) is 7.05 Å². The van der Waals surface area contributed by atoms with Crippen molar-refractivity contribution in [3.05, 3.63) is 50.0 Å². The molecular weight excluding hydrogens is 405 g/mol. The van der Waals surface area contributed by atoms with Crippen LogP contribution in [-0.2, 0) is 13.5 Å². The van der Waals surface area contributed by atoms with Gasteiger partial charge in [-0.15, -0.1) is 0 Å². The average Bonchev–Trinajstić information content (AvgIpc) is 2.75. The zero-order valence-electron chi connectivity index (χ0n) is 10.3. The SMILES string of the molecule is CNC(Cc1nccn1C)c1cc(I)ccc1Br. The standard InChI is InChI=1S/C13H15BrIN3/c1-16-12(8-13-17-5-6-18(13)2)10-7-9(15)3-4-11(10)14/h3-7,12,16H,8H2,1-2H3. The number of rotatable bonds is 4. The zero-order chi connectivity index (χ0) is 13.1. The first-order valence-electron chi connectivity index (χ1n) is 5.70. The first-order chi connectivity index (χ1) is 8.61. The van der Waals surface area contributed by atoms with Gasteiger partial charge in [-0.3, -0.25) is 0 Å². The number of nitrogens with one attached hydrogen (secondary N) is 1. The third-order valence-electron chi connectivity index (χ3n) is 2.99. The summed E-state index contributed by atoms with van der Waals surface area (Å²) in [6, 6.07) is 6.66. The molecule has 5 heteroatoms. The van der Waals surface area contributed by atoms with Gasteiger partial charge in [0.05, 0.1) is 0 Å². The van der Waals surface area contributed by atoms with Gasteiger partial charge in [0.15, 0.2) is 0 Å². The largest absolute Gasteiger partial charge is 0.338 e. The smallest absolute Gasteiger partial charge is 0.110 e. The van der Waals surface area contributed by atoms with Crippen LogP contribution in [0.4, 0.5) is 0 Å². The minimum Gasteiger partial charge on any atom is -0.338 e. The Kier molecular flexibility index (Phi) is 4.80. The maximum absolute atomic E-state index is 4.39. The van der Waals surface area contributed by atoms with E-state index < -0.39 is 0 Å². The van der Waals surface area contributed by atoms with E-state index in [1.807, 2.05) is 26.5 Å². The lowest BCUT2D eigenvalue weighted by molar-refractivity contribution is 0.561. The van der Waals surface area contributed by atoms with Gasteiger partial charge in [-0.05, 0) is 53.4 Å². The van der Waals surface area contributed by atoms with Crippen LogP contribution >= 0.6 is 38.5 Å². The van der Waals surface area contributed by atoms with E-state index in [0.717, 1.165) is 16.7 Å². The first-order valence-corrected chi connectivity index (χ1v) is 7.57. The Labute approximate surface area is 129 Å². The highest BCUT2D eigenvalue weighted by Gasteiger charge is 2.15. The number of aryl methyl sites for hydroxylation is 1. The van der Waals surface area contributed by atoms with Crippen LogP contribution in [0.15, 0.2) is 35.1 Å². The number of halogens is 2. The molecule has 96 valence electrons. The summed E-state index contributed by atoms with van der Waals surface area (Å²) in [5.74, 6) is 1.08. The Morgan fingerprint density at radius 2 is 2.28 bits per heavy atom. The van der Waals surface area contributed by atoms with Crippen molar-refractivity contribution in [1.82, 2.24) is 14.9 Å². The molecule has 3 nitrogen and oxygen atoms in total. The Balaban J connectivity index is 2.28. The molecule has 2 rings (SSSR count). The molecule has 1 N–H and O–H groups in total. The van der Waals surface area contributed by atoms with Crippen LogP contribution in [0.2, 0.25) is 0 Å². The lowest BCUT2D eigenvalue weighted by Crippen LogP contribution is -2.21. The van der Waals surface area contributed by atoms with Gasteiger partial charge in [0.2, 0.25) is 0 Å². The molecular formula is C13H15BrIN3. The van der Waals surface area contributed by atoms with E-state index in [-0.39, 0.29) is 6.04 Å². The minimum absolute atomic E-state index is 0.259. The van der Waals surface area contributed by atoms with Gasteiger partial charge in [-0.2, -0.15) is 0 Å². The molecule has 0 saturated heterocycles. The fraction of sp³-hybridized carbons (Fsp3) is 0.308. The number of hydrogen-bond acceptors (Lipinski definition) is 2. The van der Waals surface area contributed by atoms with E-state index in [1.165, 1.54) is 9.13 Å². The van der Waals surface area contributed by atoms with E-state index in [0.29, 0.717) is 0 Å². The molecule has 0 bridgehead atoms. The number of likely N-dealkylation sites (N-methyl/N-ethyl adjacent to an activating group) is 1. The second-order valence-electron chi connectivity index (χ2n) is 4.17. The summed E-state index contributed by atoms with van der Waals surface area (Å²) >= 11 is 5.96. The highest BCUT2D eigenvalue weighted by molar-refractivity contribution is 14.1. The predicted molar refractivity (Wildman–Crippen MR) is 85.6 cm³/mol. The highest BCUT2D eigenvalue weighted by atomic mass is 127. The molecule has 0 aliphatic rings. The van der Waals surface area contributed by atoms with E-state index >= 15 is 0 Å². The Morgan fingerprint density at radius 1 is 1.50 bits per heavy atom. The molecule has 1 aromatic carbocycles. The second kappa shape index (κ2) is 6.16. The summed E-state index contributed by atoms with van der Waals surface area (Å²) in [4.78, 5) is 4.39. The van der Waals surface area contributed by atoms with Crippen molar-refractivity contribution in [3.8, 4) is 0 Å². The molecule has 1 heterocycles. The lowest BCUT2D eigenvalue weighted by Gasteiger charge is -2.18. The van der Waals surface area contributed by atoms with Crippen molar-refractivity contribution in [2.45, 2.75) is 12.5 Å². The molecule has 1 aromatic heterocycles. The normalized spacial score (nSPS) is 12.7.